The van der Waals surface area contributed by atoms with E-state index in [4.69, 9.17) is 24.8 Å². The Morgan fingerprint density at radius 2 is 1.67 bits per heavy atom. The normalized spacial score (nSPS) is 12.2. The van der Waals surface area contributed by atoms with Gasteiger partial charge in [0.1, 0.15) is 5.71 Å². The van der Waals surface area contributed by atoms with Crippen LogP contribution >= 0.6 is 0 Å². The van der Waals surface area contributed by atoms with Gasteiger partial charge < -0.3 is 41.6 Å². The van der Waals surface area contributed by atoms with Crippen molar-refractivity contribution < 1.29 is 80.2 Å². The molecule has 0 aliphatic heterocycles. The first kappa shape index (κ1) is 34.7. The van der Waals surface area contributed by atoms with Crippen molar-refractivity contribution in [1.82, 2.24) is 0 Å². The summed E-state index contributed by atoms with van der Waals surface area (Å²) in [5, 5.41) is 13.1. The smallest absolute Gasteiger partial charge is 0.391 e. The summed E-state index contributed by atoms with van der Waals surface area (Å²) in [5.74, 6) is 5.16. The molecule has 0 aliphatic carbocycles. The number of nitrogens with two attached hydrogens (primary N) is 1. The number of Topliss-reactive ketones (excluding diaryl/α,β-unsaturated/α-hetero) is 1. The van der Waals surface area contributed by atoms with E-state index in [2.05, 4.69) is 17.0 Å². The average molecular weight is 458 g/mol. The van der Waals surface area contributed by atoms with Gasteiger partial charge in [0.05, 0.1) is 65.5 Å². The summed E-state index contributed by atoms with van der Waals surface area (Å²) in [7, 11) is 0. The quantitative estimate of drug-likeness (QED) is 0.0599. The van der Waals surface area contributed by atoms with Crippen LogP contribution in [0.25, 0.3) is 0 Å². The van der Waals surface area contributed by atoms with Crippen LogP contribution in [-0.4, -0.2) is 88.3 Å². The molecule has 0 fully saturated rings. The van der Waals surface area contributed by atoms with Crippen LogP contribution in [0.5, 0.6) is 0 Å². The number of carbonyl (C=O) groups excluding carboxylic acids is 1. The van der Waals surface area contributed by atoms with Crippen LogP contribution in [0.15, 0.2) is 10.1 Å². The van der Waals surface area contributed by atoms with Gasteiger partial charge in [-0.05, 0) is 12.2 Å². The molecule has 0 aromatic heterocycles. The number of aliphatic hydroxyl groups is 1. The Kier molecular flexibility index (Phi) is 33.7. The van der Waals surface area contributed by atoms with Crippen molar-refractivity contribution in [2.75, 3.05) is 59.4 Å². The van der Waals surface area contributed by atoms with Crippen molar-refractivity contribution in [3.8, 4) is 0 Å². The summed E-state index contributed by atoms with van der Waals surface area (Å²) in [6, 6.07) is 0. The number of nitrogens with zero attached hydrogens (tertiary/aromatic N) is 2. The number of carbonyl (C=O) groups is 1. The van der Waals surface area contributed by atoms with Crippen molar-refractivity contribution in [1.29, 1.82) is 0 Å². The molecule has 0 amide bonds. The fraction of sp³-hybridized carbons (Fsp3) is 0.800. The number of hydrogen-bond donors (Lipinski definition) is 2. The number of aliphatic hydroxyl groups excluding tert-OH is 1. The molecule has 1 unspecified atom stereocenters. The molecule has 3 N–H and O–H groups in total. The maximum absolute atomic E-state index is 10.6. The Morgan fingerprint density at radius 1 is 1.07 bits per heavy atom. The van der Waals surface area contributed by atoms with E-state index in [1.165, 1.54) is 0 Å². The van der Waals surface area contributed by atoms with Gasteiger partial charge in [-0.25, -0.2) is 0 Å². The number of ketones is 1. The molecule has 0 saturated heterocycles. The SMILES string of the molecule is CC.[CH2-]C(=O)CCOCCOCCN=C/C(COCCOCC(O)CCC)=N\N.[K+]. The van der Waals surface area contributed by atoms with E-state index in [1.807, 2.05) is 20.8 Å². The molecule has 0 aromatic rings. The summed E-state index contributed by atoms with van der Waals surface area (Å²) >= 11 is 0. The predicted molar refractivity (Wildman–Crippen MR) is 116 cm³/mol. The molecule has 0 rings (SSSR count). The number of ether oxygens (including phenoxy) is 4. The molecule has 9 nitrogen and oxygen atoms in total. The van der Waals surface area contributed by atoms with Crippen molar-refractivity contribution >= 4 is 17.7 Å². The van der Waals surface area contributed by atoms with Crippen molar-refractivity contribution in [3.05, 3.63) is 6.92 Å². The molecule has 0 saturated carbocycles. The van der Waals surface area contributed by atoms with E-state index in [0.29, 0.717) is 64.9 Å². The molecule has 0 radical (unpaired) electrons. The Bertz CT molecular complexity index is 425. The summed E-state index contributed by atoms with van der Waals surface area (Å²) in [5.41, 5.74) is 0.516. The third-order valence-electron chi connectivity index (χ3n) is 3.22. The number of hydrazone groups is 1. The second-order valence-electron chi connectivity index (χ2n) is 5.74. The maximum atomic E-state index is 10.6. The second-order valence-corrected chi connectivity index (χ2v) is 5.74. The fourth-order valence-corrected chi connectivity index (χ4v) is 1.83. The molecule has 1 atom stereocenters. The topological polar surface area (TPSA) is 125 Å². The zero-order chi connectivity index (χ0) is 22.2. The Balaban J connectivity index is -0.00000235. The minimum atomic E-state index is -0.421. The van der Waals surface area contributed by atoms with E-state index in [9.17, 15) is 9.90 Å². The van der Waals surface area contributed by atoms with Gasteiger partial charge in [0.25, 0.3) is 0 Å². The van der Waals surface area contributed by atoms with Gasteiger partial charge in [-0.1, -0.05) is 27.2 Å². The van der Waals surface area contributed by atoms with Crippen LogP contribution in [0, 0.1) is 6.92 Å². The molecule has 172 valence electrons. The fourth-order valence-electron chi connectivity index (χ4n) is 1.83. The zero-order valence-electron chi connectivity index (χ0n) is 19.3. The van der Waals surface area contributed by atoms with E-state index in [0.717, 1.165) is 12.8 Å². The van der Waals surface area contributed by atoms with Gasteiger partial charge >= 0.3 is 51.4 Å². The largest absolute Gasteiger partial charge is 1.00 e. The summed E-state index contributed by atoms with van der Waals surface area (Å²) in [6.07, 6.45) is 3.10. The maximum Gasteiger partial charge on any atom is 1.00 e. The number of aliphatic imine (C=N–C) groups is 1. The van der Waals surface area contributed by atoms with Crippen LogP contribution in [0.3, 0.4) is 0 Å². The van der Waals surface area contributed by atoms with Crippen LogP contribution in [-0.2, 0) is 23.7 Å². The third-order valence-corrected chi connectivity index (χ3v) is 3.22. The van der Waals surface area contributed by atoms with Crippen LogP contribution in [0.2, 0.25) is 0 Å². The average Bonchev–Trinajstić information content (AvgIpc) is 2.71. The zero-order valence-corrected chi connectivity index (χ0v) is 22.4. The van der Waals surface area contributed by atoms with Gasteiger partial charge in [0.2, 0.25) is 0 Å². The second kappa shape index (κ2) is 29.1. The van der Waals surface area contributed by atoms with Gasteiger partial charge in [-0.2, -0.15) is 5.10 Å². The molecule has 30 heavy (non-hydrogen) atoms. The molecule has 0 heterocycles. The molecular weight excluding hydrogens is 417 g/mol. The monoisotopic (exact) mass is 457 g/mol. The first-order valence-electron chi connectivity index (χ1n) is 10.2. The summed E-state index contributed by atoms with van der Waals surface area (Å²) < 4.78 is 21.2. The molecule has 0 spiro atoms. The minimum Gasteiger partial charge on any atom is -0.391 e. The van der Waals surface area contributed by atoms with E-state index < -0.39 is 6.10 Å². The van der Waals surface area contributed by atoms with E-state index in [-0.39, 0.29) is 63.8 Å². The third kappa shape index (κ3) is 28.1. The van der Waals surface area contributed by atoms with Crippen LogP contribution in [0.4, 0.5) is 0 Å². The van der Waals surface area contributed by atoms with Gasteiger partial charge in [0.15, 0.2) is 0 Å². The van der Waals surface area contributed by atoms with E-state index in [1.54, 1.807) is 6.21 Å². The minimum absolute atomic E-state index is 0. The molecule has 0 aromatic carbocycles. The van der Waals surface area contributed by atoms with Gasteiger partial charge in [0, 0.05) is 12.6 Å². The predicted octanol–water partition coefficient (Wildman–Crippen LogP) is -1.58. The Labute approximate surface area is 224 Å². The van der Waals surface area contributed by atoms with Crippen molar-refractivity contribution in [2.24, 2.45) is 15.9 Å². The van der Waals surface area contributed by atoms with E-state index >= 15 is 0 Å². The van der Waals surface area contributed by atoms with Crippen LogP contribution < -0.4 is 57.2 Å². The van der Waals surface area contributed by atoms with Crippen molar-refractivity contribution in [3.63, 3.8) is 0 Å². The number of rotatable bonds is 19. The van der Waals surface area contributed by atoms with Gasteiger partial charge in [-0.15, -0.1) is 0 Å². The number of hydrogen-bond acceptors (Lipinski definition) is 9. The van der Waals surface area contributed by atoms with Crippen molar-refractivity contribution in [2.45, 2.75) is 46.1 Å². The first-order valence-corrected chi connectivity index (χ1v) is 10.2. The Morgan fingerprint density at radius 3 is 2.27 bits per heavy atom. The van der Waals surface area contributed by atoms with Gasteiger partial charge in [-0.3, -0.25) is 4.99 Å². The summed E-state index contributed by atoms with van der Waals surface area (Å²) in [6.45, 7) is 12.8. The molecule has 10 heteroatoms. The molecule has 0 bridgehead atoms. The molecule has 0 aliphatic rings. The standard InChI is InChI=1S/C18H34N3O6.C2H6.K/c1-3-4-18(23)15-27-12-11-26-14-17(21-19)13-20-6-8-25-10-9-24-7-5-16(2)22;1-2;/h13,18,23H,2-12,14-15,19H2,1H3;1-2H3;/q-1;;+1/b20-13?,21-17+;;. The Hall–Kier alpha value is 0.116. The first-order chi connectivity index (χ1) is 14.1. The molecular formula is C20H40KN3O6. The summed E-state index contributed by atoms with van der Waals surface area (Å²) in [4.78, 5) is 14.8. The van der Waals surface area contributed by atoms with Crippen LogP contribution in [0.1, 0.15) is 40.0 Å².